The van der Waals surface area contributed by atoms with Gasteiger partial charge in [-0.05, 0) is 18.4 Å². The van der Waals surface area contributed by atoms with Gasteiger partial charge in [-0.3, -0.25) is 9.48 Å². The Bertz CT molecular complexity index is 618. The predicted molar refractivity (Wildman–Crippen MR) is 69.6 cm³/mol. The van der Waals surface area contributed by atoms with Crippen LogP contribution < -0.4 is 0 Å². The Hall–Kier alpha value is -2.18. The van der Waals surface area contributed by atoms with E-state index >= 15 is 0 Å². The number of amides is 1. The highest BCUT2D eigenvalue weighted by Gasteiger charge is 2.33. The van der Waals surface area contributed by atoms with E-state index < -0.39 is 0 Å². The van der Waals surface area contributed by atoms with Gasteiger partial charge in [0.1, 0.15) is 0 Å². The molecule has 1 atom stereocenters. The van der Waals surface area contributed by atoms with Crippen LogP contribution in [0.3, 0.4) is 0 Å². The molecule has 0 aliphatic carbocycles. The molecular weight excluding hydrogens is 258 g/mol. The summed E-state index contributed by atoms with van der Waals surface area (Å²) >= 11 is 0. The molecule has 0 radical (unpaired) electrons. The van der Waals surface area contributed by atoms with Crippen molar-refractivity contribution < 1.29 is 9.32 Å². The SMILES string of the molecule is Cc1nc(C2CCCN2C(=O)Cc2cnn(C)c2)no1. The maximum absolute atomic E-state index is 12.4. The van der Waals surface area contributed by atoms with Gasteiger partial charge in [0.2, 0.25) is 11.8 Å². The summed E-state index contributed by atoms with van der Waals surface area (Å²) in [4.78, 5) is 18.5. The number of aromatic nitrogens is 4. The Morgan fingerprint density at radius 2 is 2.40 bits per heavy atom. The van der Waals surface area contributed by atoms with E-state index in [1.165, 1.54) is 0 Å². The molecule has 1 fully saturated rings. The second-order valence-electron chi connectivity index (χ2n) is 5.12. The summed E-state index contributed by atoms with van der Waals surface area (Å²) in [6.45, 7) is 2.50. The minimum absolute atomic E-state index is 0.0587. The van der Waals surface area contributed by atoms with E-state index in [9.17, 15) is 4.79 Å². The molecule has 3 heterocycles. The molecule has 1 aliphatic rings. The lowest BCUT2D eigenvalue weighted by molar-refractivity contribution is -0.131. The maximum Gasteiger partial charge on any atom is 0.227 e. The minimum Gasteiger partial charge on any atom is -0.340 e. The number of likely N-dealkylation sites (tertiary alicyclic amines) is 1. The van der Waals surface area contributed by atoms with Gasteiger partial charge in [0.05, 0.1) is 18.7 Å². The van der Waals surface area contributed by atoms with Crippen molar-refractivity contribution in [2.75, 3.05) is 6.54 Å². The summed E-state index contributed by atoms with van der Waals surface area (Å²) in [6, 6.07) is -0.0587. The van der Waals surface area contributed by atoms with Gasteiger partial charge in [-0.15, -0.1) is 0 Å². The number of rotatable bonds is 3. The molecule has 0 N–H and O–H groups in total. The van der Waals surface area contributed by atoms with E-state index in [4.69, 9.17) is 4.52 Å². The predicted octanol–water partition coefficient (Wildman–Crippen LogP) is 1.02. The molecule has 0 aromatic carbocycles. The second-order valence-corrected chi connectivity index (χ2v) is 5.12. The normalized spacial score (nSPS) is 18.7. The highest BCUT2D eigenvalue weighted by molar-refractivity contribution is 5.79. The van der Waals surface area contributed by atoms with Crippen LogP contribution in [0, 0.1) is 6.92 Å². The molecule has 0 bridgehead atoms. The smallest absolute Gasteiger partial charge is 0.227 e. The van der Waals surface area contributed by atoms with Crippen LogP contribution in [-0.4, -0.2) is 37.3 Å². The van der Waals surface area contributed by atoms with E-state index in [2.05, 4.69) is 15.2 Å². The first-order chi connectivity index (χ1) is 9.63. The van der Waals surface area contributed by atoms with E-state index in [-0.39, 0.29) is 11.9 Å². The van der Waals surface area contributed by atoms with Crippen molar-refractivity contribution in [3.05, 3.63) is 29.7 Å². The molecule has 106 valence electrons. The fourth-order valence-electron chi connectivity index (χ4n) is 2.62. The fourth-order valence-corrected chi connectivity index (χ4v) is 2.62. The van der Waals surface area contributed by atoms with E-state index in [0.717, 1.165) is 24.9 Å². The van der Waals surface area contributed by atoms with Crippen molar-refractivity contribution in [3.8, 4) is 0 Å². The number of nitrogens with zero attached hydrogens (tertiary/aromatic N) is 5. The summed E-state index contributed by atoms with van der Waals surface area (Å²) in [7, 11) is 1.84. The average Bonchev–Trinajstić information content (AvgIpc) is 3.09. The Morgan fingerprint density at radius 1 is 1.55 bits per heavy atom. The summed E-state index contributed by atoms with van der Waals surface area (Å²) in [5, 5.41) is 8.03. The Balaban J connectivity index is 1.73. The first-order valence-electron chi connectivity index (χ1n) is 6.70. The van der Waals surface area contributed by atoms with E-state index in [1.54, 1.807) is 17.8 Å². The van der Waals surface area contributed by atoms with Crippen molar-refractivity contribution >= 4 is 5.91 Å². The van der Waals surface area contributed by atoms with Crippen LogP contribution in [0.25, 0.3) is 0 Å². The highest BCUT2D eigenvalue weighted by Crippen LogP contribution is 2.30. The van der Waals surface area contributed by atoms with Gasteiger partial charge in [0.25, 0.3) is 0 Å². The molecule has 2 aromatic rings. The van der Waals surface area contributed by atoms with Gasteiger partial charge in [0.15, 0.2) is 5.82 Å². The third-order valence-corrected chi connectivity index (χ3v) is 3.53. The van der Waals surface area contributed by atoms with Gasteiger partial charge < -0.3 is 9.42 Å². The second kappa shape index (κ2) is 5.07. The summed E-state index contributed by atoms with van der Waals surface area (Å²) in [6.07, 6.45) is 5.80. The van der Waals surface area contributed by atoms with E-state index in [1.807, 2.05) is 18.1 Å². The van der Waals surface area contributed by atoms with Gasteiger partial charge in [-0.25, -0.2) is 0 Å². The molecule has 1 unspecified atom stereocenters. The fraction of sp³-hybridized carbons (Fsp3) is 0.538. The first kappa shape index (κ1) is 12.8. The van der Waals surface area contributed by atoms with Crippen LogP contribution in [0.4, 0.5) is 0 Å². The standard InChI is InChI=1S/C13H17N5O2/c1-9-15-13(16-20-9)11-4-3-5-18(11)12(19)6-10-7-14-17(2)8-10/h7-8,11H,3-6H2,1-2H3. The number of hydrogen-bond acceptors (Lipinski definition) is 5. The number of aryl methyl sites for hydroxylation is 2. The van der Waals surface area contributed by atoms with Crippen LogP contribution in [0.5, 0.6) is 0 Å². The molecule has 1 aliphatic heterocycles. The highest BCUT2D eigenvalue weighted by atomic mass is 16.5. The van der Waals surface area contributed by atoms with Crippen LogP contribution >= 0.6 is 0 Å². The van der Waals surface area contributed by atoms with Crippen LogP contribution in [0.15, 0.2) is 16.9 Å². The molecular formula is C13H17N5O2. The first-order valence-corrected chi connectivity index (χ1v) is 6.70. The number of carbonyl (C=O) groups excluding carboxylic acids is 1. The van der Waals surface area contributed by atoms with E-state index in [0.29, 0.717) is 18.1 Å². The van der Waals surface area contributed by atoms with Gasteiger partial charge in [-0.2, -0.15) is 10.1 Å². The molecule has 1 saturated heterocycles. The molecule has 20 heavy (non-hydrogen) atoms. The molecule has 1 amide bonds. The Labute approximate surface area is 116 Å². The third kappa shape index (κ3) is 2.43. The van der Waals surface area contributed by atoms with Gasteiger partial charge in [0, 0.05) is 26.7 Å². The zero-order chi connectivity index (χ0) is 14.1. The molecule has 3 rings (SSSR count). The van der Waals surface area contributed by atoms with Crippen molar-refractivity contribution in [3.63, 3.8) is 0 Å². The maximum atomic E-state index is 12.4. The van der Waals surface area contributed by atoms with Crippen molar-refractivity contribution in [1.29, 1.82) is 0 Å². The van der Waals surface area contributed by atoms with Crippen molar-refractivity contribution in [2.24, 2.45) is 7.05 Å². The minimum atomic E-state index is -0.0587. The van der Waals surface area contributed by atoms with Gasteiger partial charge in [-0.1, -0.05) is 5.16 Å². The van der Waals surface area contributed by atoms with Crippen LogP contribution in [0.2, 0.25) is 0 Å². The molecule has 0 saturated carbocycles. The zero-order valence-corrected chi connectivity index (χ0v) is 11.6. The lowest BCUT2D eigenvalue weighted by Crippen LogP contribution is -2.32. The summed E-state index contributed by atoms with van der Waals surface area (Å²) < 4.78 is 6.72. The Kier molecular flexibility index (Phi) is 3.25. The summed E-state index contributed by atoms with van der Waals surface area (Å²) in [5.41, 5.74) is 0.924. The monoisotopic (exact) mass is 275 g/mol. The zero-order valence-electron chi connectivity index (χ0n) is 11.6. The van der Waals surface area contributed by atoms with Gasteiger partial charge >= 0.3 is 0 Å². The lowest BCUT2D eigenvalue weighted by atomic mass is 10.2. The van der Waals surface area contributed by atoms with Crippen molar-refractivity contribution in [1.82, 2.24) is 24.8 Å². The molecule has 7 nitrogen and oxygen atoms in total. The quantitative estimate of drug-likeness (QED) is 0.835. The lowest BCUT2D eigenvalue weighted by Gasteiger charge is -2.21. The van der Waals surface area contributed by atoms with Crippen molar-refractivity contribution in [2.45, 2.75) is 32.2 Å². The number of hydrogen-bond donors (Lipinski definition) is 0. The summed E-state index contributed by atoms with van der Waals surface area (Å²) in [5.74, 6) is 1.23. The molecule has 2 aromatic heterocycles. The van der Waals surface area contributed by atoms with Crippen LogP contribution in [-0.2, 0) is 18.3 Å². The number of carbonyl (C=O) groups is 1. The Morgan fingerprint density at radius 3 is 3.05 bits per heavy atom. The molecule has 0 spiro atoms. The topological polar surface area (TPSA) is 77.1 Å². The molecule has 7 heteroatoms. The largest absolute Gasteiger partial charge is 0.340 e. The van der Waals surface area contributed by atoms with Crippen LogP contribution in [0.1, 0.15) is 36.2 Å². The average molecular weight is 275 g/mol. The third-order valence-electron chi connectivity index (χ3n) is 3.53.